The molecule has 0 amide bonds. The predicted octanol–water partition coefficient (Wildman–Crippen LogP) is 4.91. The molecule has 1 aliphatic heterocycles. The third kappa shape index (κ3) is 3.51. The molecule has 1 N–H and O–H groups in total. The van der Waals surface area contributed by atoms with E-state index in [1.807, 2.05) is 6.07 Å². The molecule has 2 unspecified atom stereocenters. The molecule has 1 heterocycles. The molecule has 26 heavy (non-hydrogen) atoms. The summed E-state index contributed by atoms with van der Waals surface area (Å²) in [6.45, 7) is 5.74. The van der Waals surface area contributed by atoms with E-state index in [1.54, 1.807) is 0 Å². The van der Waals surface area contributed by atoms with Gasteiger partial charge in [0.25, 0.3) is 0 Å². The van der Waals surface area contributed by atoms with Crippen molar-refractivity contribution in [1.29, 1.82) is 0 Å². The first kappa shape index (κ1) is 17.2. The molecule has 0 spiro atoms. The summed E-state index contributed by atoms with van der Waals surface area (Å²) < 4.78 is 12.4. The smallest absolute Gasteiger partial charge is 0.177 e. The zero-order chi connectivity index (χ0) is 17.9. The molecule has 3 aromatic rings. The van der Waals surface area contributed by atoms with Crippen LogP contribution in [0.3, 0.4) is 0 Å². The summed E-state index contributed by atoms with van der Waals surface area (Å²) in [5.41, 5.74) is 3.65. The number of benzene rings is 3. The summed E-state index contributed by atoms with van der Waals surface area (Å²) in [5, 5.41) is 6.03. The molecule has 0 radical (unpaired) electrons. The number of aryl methyl sites for hydroxylation is 1. The van der Waals surface area contributed by atoms with E-state index >= 15 is 0 Å². The Balaban J connectivity index is 1.62. The monoisotopic (exact) mass is 347 g/mol. The quantitative estimate of drug-likeness (QED) is 0.727. The number of hydrogen-bond acceptors (Lipinski definition) is 3. The molecule has 3 aromatic carbocycles. The first-order valence-corrected chi connectivity index (χ1v) is 9.27. The SMILES string of the molecule is Cc1cc([C@@H](C)OC2OCCNC2c2ccccc2)c2ccccc2c1. The number of morpholine rings is 1. The normalized spacial score (nSPS) is 21.6. The Morgan fingerprint density at radius 2 is 1.81 bits per heavy atom. The molecule has 1 aliphatic rings. The van der Waals surface area contributed by atoms with Crippen molar-refractivity contribution in [3.63, 3.8) is 0 Å². The zero-order valence-corrected chi connectivity index (χ0v) is 15.3. The summed E-state index contributed by atoms with van der Waals surface area (Å²) in [6, 6.07) is 23.4. The minimum absolute atomic E-state index is 0.0449. The molecule has 4 rings (SSSR count). The zero-order valence-electron chi connectivity index (χ0n) is 15.3. The molecular formula is C23H25NO2. The molecule has 3 nitrogen and oxygen atoms in total. The van der Waals surface area contributed by atoms with Gasteiger partial charge in [0, 0.05) is 6.54 Å². The van der Waals surface area contributed by atoms with Crippen molar-refractivity contribution in [2.45, 2.75) is 32.3 Å². The first-order valence-electron chi connectivity index (χ1n) is 9.27. The van der Waals surface area contributed by atoms with E-state index in [9.17, 15) is 0 Å². The van der Waals surface area contributed by atoms with Gasteiger partial charge in [-0.25, -0.2) is 0 Å². The van der Waals surface area contributed by atoms with Gasteiger partial charge in [-0.05, 0) is 35.7 Å². The van der Waals surface area contributed by atoms with Crippen molar-refractivity contribution in [1.82, 2.24) is 5.32 Å². The molecule has 134 valence electrons. The number of ether oxygens (including phenoxy) is 2. The van der Waals surface area contributed by atoms with Crippen LogP contribution in [0.2, 0.25) is 0 Å². The van der Waals surface area contributed by atoms with Crippen LogP contribution in [0.4, 0.5) is 0 Å². The number of nitrogens with one attached hydrogen (secondary N) is 1. The number of fused-ring (bicyclic) bond motifs is 1. The Morgan fingerprint density at radius 3 is 2.65 bits per heavy atom. The molecule has 0 bridgehead atoms. The van der Waals surface area contributed by atoms with Crippen molar-refractivity contribution < 1.29 is 9.47 Å². The Hall–Kier alpha value is -2.20. The minimum atomic E-state index is -0.305. The number of rotatable bonds is 4. The topological polar surface area (TPSA) is 30.5 Å². The van der Waals surface area contributed by atoms with Gasteiger partial charge in [0.2, 0.25) is 0 Å². The summed E-state index contributed by atoms with van der Waals surface area (Å²) in [7, 11) is 0. The van der Waals surface area contributed by atoms with Crippen LogP contribution in [0.25, 0.3) is 10.8 Å². The van der Waals surface area contributed by atoms with Gasteiger partial charge >= 0.3 is 0 Å². The van der Waals surface area contributed by atoms with E-state index in [4.69, 9.17) is 9.47 Å². The second kappa shape index (κ2) is 7.58. The Bertz CT molecular complexity index is 878. The van der Waals surface area contributed by atoms with Crippen LogP contribution in [-0.2, 0) is 9.47 Å². The lowest BCUT2D eigenvalue weighted by Gasteiger charge is -2.35. The van der Waals surface area contributed by atoms with Gasteiger partial charge in [0.1, 0.15) is 0 Å². The van der Waals surface area contributed by atoms with Crippen LogP contribution in [0.5, 0.6) is 0 Å². The van der Waals surface area contributed by atoms with Gasteiger partial charge in [0.15, 0.2) is 6.29 Å². The van der Waals surface area contributed by atoms with Gasteiger partial charge in [-0.3, -0.25) is 0 Å². The van der Waals surface area contributed by atoms with Crippen LogP contribution in [-0.4, -0.2) is 19.4 Å². The molecule has 3 heteroatoms. The lowest BCUT2D eigenvalue weighted by atomic mass is 9.98. The Kier molecular flexibility index (Phi) is 5.02. The average Bonchev–Trinajstić information content (AvgIpc) is 2.68. The van der Waals surface area contributed by atoms with E-state index in [0.29, 0.717) is 6.61 Å². The van der Waals surface area contributed by atoms with Crippen molar-refractivity contribution in [3.05, 3.63) is 83.4 Å². The van der Waals surface area contributed by atoms with E-state index in [1.165, 1.54) is 27.5 Å². The van der Waals surface area contributed by atoms with Crippen molar-refractivity contribution >= 4 is 10.8 Å². The first-order chi connectivity index (χ1) is 12.7. The predicted molar refractivity (Wildman–Crippen MR) is 105 cm³/mol. The fraction of sp³-hybridized carbons (Fsp3) is 0.304. The van der Waals surface area contributed by atoms with Crippen LogP contribution in [0.1, 0.15) is 35.8 Å². The maximum Gasteiger partial charge on any atom is 0.177 e. The van der Waals surface area contributed by atoms with Crippen molar-refractivity contribution in [2.75, 3.05) is 13.2 Å². The van der Waals surface area contributed by atoms with Crippen LogP contribution in [0, 0.1) is 6.92 Å². The molecule has 0 aromatic heterocycles. The summed E-state index contributed by atoms with van der Waals surface area (Å²) >= 11 is 0. The fourth-order valence-electron chi connectivity index (χ4n) is 3.74. The van der Waals surface area contributed by atoms with E-state index in [0.717, 1.165) is 6.54 Å². The van der Waals surface area contributed by atoms with Gasteiger partial charge in [0.05, 0.1) is 18.8 Å². The fourth-order valence-corrected chi connectivity index (χ4v) is 3.74. The highest BCUT2D eigenvalue weighted by Gasteiger charge is 2.30. The summed E-state index contributed by atoms with van der Waals surface area (Å²) in [5.74, 6) is 0. The maximum absolute atomic E-state index is 6.42. The molecule has 1 saturated heterocycles. The van der Waals surface area contributed by atoms with Crippen molar-refractivity contribution in [3.8, 4) is 0 Å². The summed E-state index contributed by atoms with van der Waals surface area (Å²) in [4.78, 5) is 0. The standard InChI is InChI=1S/C23H25NO2/c1-16-14-19-10-6-7-11-20(19)21(15-16)17(2)26-23-22(24-12-13-25-23)18-8-4-3-5-9-18/h3-11,14-15,17,22-24H,12-13H2,1-2H3/t17-,22?,23?/m1/s1. The molecule has 0 aliphatic carbocycles. The largest absolute Gasteiger partial charge is 0.349 e. The lowest BCUT2D eigenvalue weighted by Crippen LogP contribution is -2.43. The second-order valence-electron chi connectivity index (χ2n) is 6.94. The van der Waals surface area contributed by atoms with Gasteiger partial charge in [-0.15, -0.1) is 0 Å². The average molecular weight is 347 g/mol. The highest BCUT2D eigenvalue weighted by molar-refractivity contribution is 5.86. The minimum Gasteiger partial charge on any atom is -0.349 e. The van der Waals surface area contributed by atoms with Gasteiger partial charge in [-0.1, -0.05) is 72.3 Å². The van der Waals surface area contributed by atoms with E-state index in [-0.39, 0.29) is 18.4 Å². The third-order valence-corrected chi connectivity index (χ3v) is 4.99. The highest BCUT2D eigenvalue weighted by atomic mass is 16.7. The molecule has 1 fully saturated rings. The third-order valence-electron chi connectivity index (χ3n) is 4.99. The molecule has 3 atom stereocenters. The molecule has 0 saturated carbocycles. The van der Waals surface area contributed by atoms with Gasteiger partial charge < -0.3 is 14.8 Å². The summed E-state index contributed by atoms with van der Waals surface area (Å²) in [6.07, 6.45) is -0.365. The van der Waals surface area contributed by atoms with Crippen LogP contribution < -0.4 is 5.32 Å². The van der Waals surface area contributed by atoms with Gasteiger partial charge in [-0.2, -0.15) is 0 Å². The van der Waals surface area contributed by atoms with Crippen molar-refractivity contribution in [2.24, 2.45) is 0 Å². The highest BCUT2D eigenvalue weighted by Crippen LogP contribution is 2.32. The Morgan fingerprint density at radius 1 is 1.04 bits per heavy atom. The second-order valence-corrected chi connectivity index (χ2v) is 6.94. The van der Waals surface area contributed by atoms with Crippen LogP contribution >= 0.6 is 0 Å². The molecular weight excluding hydrogens is 322 g/mol. The lowest BCUT2D eigenvalue weighted by molar-refractivity contribution is -0.199. The van der Waals surface area contributed by atoms with E-state index in [2.05, 4.69) is 79.8 Å². The Labute approximate surface area is 154 Å². The van der Waals surface area contributed by atoms with Crippen LogP contribution in [0.15, 0.2) is 66.7 Å². The maximum atomic E-state index is 6.42. The number of hydrogen-bond donors (Lipinski definition) is 1. The van der Waals surface area contributed by atoms with E-state index < -0.39 is 0 Å².